The summed E-state index contributed by atoms with van der Waals surface area (Å²) >= 11 is 0. The van der Waals surface area contributed by atoms with Crippen molar-refractivity contribution >= 4 is 0 Å². The van der Waals surface area contributed by atoms with Gasteiger partial charge in [-0.05, 0) is 19.4 Å². The van der Waals surface area contributed by atoms with Crippen LogP contribution in [0, 0.1) is 56.2 Å². The van der Waals surface area contributed by atoms with Gasteiger partial charge in [0.1, 0.15) is 0 Å². The van der Waals surface area contributed by atoms with E-state index in [1.54, 1.807) is 26.0 Å². The Bertz CT molecular complexity index is 467. The van der Waals surface area contributed by atoms with Crippen LogP contribution in [-0.2, 0) is 0 Å². The maximum atomic E-state index is 9.04. The van der Waals surface area contributed by atoms with Gasteiger partial charge in [0.05, 0.1) is 24.3 Å². The summed E-state index contributed by atoms with van der Waals surface area (Å²) in [6.45, 7) is 3.55. The fraction of sp³-hybridized carbons (Fsp3) is 0.455. The van der Waals surface area contributed by atoms with Gasteiger partial charge in [0.15, 0.2) is 10.8 Å². The first-order valence-corrected chi connectivity index (χ1v) is 4.35. The molecule has 1 rings (SSSR count). The van der Waals surface area contributed by atoms with Crippen LogP contribution in [0.3, 0.4) is 0 Å². The van der Waals surface area contributed by atoms with Crippen LogP contribution in [0.5, 0.6) is 0 Å². The molecule has 0 bridgehead atoms. The minimum atomic E-state index is -1.57. The topological polar surface area (TPSA) is 95.2 Å². The van der Waals surface area contributed by atoms with Crippen LogP contribution in [-0.4, -0.2) is 0 Å². The van der Waals surface area contributed by atoms with E-state index in [-0.39, 0.29) is 6.42 Å². The molecule has 4 heteroatoms. The van der Waals surface area contributed by atoms with Crippen molar-refractivity contribution in [1.29, 1.82) is 21.0 Å². The van der Waals surface area contributed by atoms with Crippen LogP contribution in [0.15, 0.2) is 11.1 Å². The number of nitriles is 4. The molecule has 15 heavy (non-hydrogen) atoms. The molecule has 0 saturated heterocycles. The molecule has 0 amide bonds. The van der Waals surface area contributed by atoms with E-state index >= 15 is 0 Å². The maximum Gasteiger partial charge on any atom is 0.196 e. The summed E-state index contributed by atoms with van der Waals surface area (Å²) in [6, 6.07) is 7.25. The van der Waals surface area contributed by atoms with Crippen molar-refractivity contribution in [2.75, 3.05) is 0 Å². The van der Waals surface area contributed by atoms with Crippen molar-refractivity contribution in [3.63, 3.8) is 0 Å². The first kappa shape index (κ1) is 10.8. The minimum absolute atomic E-state index is 0.198. The Labute approximate surface area is 88.3 Å². The van der Waals surface area contributed by atoms with Crippen molar-refractivity contribution in [2.45, 2.75) is 20.3 Å². The predicted octanol–water partition coefficient (Wildman–Crippen LogP) is 1.79. The molecule has 0 aromatic carbocycles. The molecule has 4 nitrogen and oxygen atoms in total. The first-order valence-electron chi connectivity index (χ1n) is 4.35. The van der Waals surface area contributed by atoms with Gasteiger partial charge >= 0.3 is 0 Å². The summed E-state index contributed by atoms with van der Waals surface area (Å²) in [7, 11) is 0. The van der Waals surface area contributed by atoms with Crippen molar-refractivity contribution in [3.05, 3.63) is 11.1 Å². The summed E-state index contributed by atoms with van der Waals surface area (Å²) < 4.78 is 0. The fourth-order valence-corrected chi connectivity index (χ4v) is 1.86. The van der Waals surface area contributed by atoms with Gasteiger partial charge in [0, 0.05) is 6.42 Å². The Morgan fingerprint density at radius 1 is 1.00 bits per heavy atom. The summed E-state index contributed by atoms with van der Waals surface area (Å²) in [5, 5.41) is 36.0. The van der Waals surface area contributed by atoms with Gasteiger partial charge in [0.2, 0.25) is 0 Å². The molecule has 0 aromatic heterocycles. The molecular weight excluding hydrogens is 188 g/mol. The molecule has 0 heterocycles. The lowest BCUT2D eigenvalue weighted by atomic mass is 9.48. The molecule has 0 aliphatic heterocycles. The Morgan fingerprint density at radius 3 is 1.73 bits per heavy atom. The Hall–Kier alpha value is -2.30. The van der Waals surface area contributed by atoms with Gasteiger partial charge in [0.25, 0.3) is 0 Å². The van der Waals surface area contributed by atoms with E-state index in [0.717, 1.165) is 5.57 Å². The predicted molar refractivity (Wildman–Crippen MR) is 50.3 cm³/mol. The number of allylic oxidation sites excluding steroid dienone is 2. The van der Waals surface area contributed by atoms with E-state index in [9.17, 15) is 0 Å². The third kappa shape index (κ3) is 0.969. The molecule has 1 saturated carbocycles. The Balaban J connectivity index is 3.48. The van der Waals surface area contributed by atoms with Crippen LogP contribution in [0.1, 0.15) is 20.3 Å². The highest BCUT2D eigenvalue weighted by molar-refractivity contribution is 5.55. The molecular formula is C11H8N4. The lowest BCUT2D eigenvalue weighted by Gasteiger charge is -2.44. The second kappa shape index (κ2) is 3.13. The van der Waals surface area contributed by atoms with E-state index < -0.39 is 10.8 Å². The molecule has 0 unspecified atom stereocenters. The van der Waals surface area contributed by atoms with Crippen LogP contribution < -0.4 is 0 Å². The average Bonchev–Trinajstić information content (AvgIpc) is 2.20. The van der Waals surface area contributed by atoms with E-state index in [0.29, 0.717) is 5.57 Å². The van der Waals surface area contributed by atoms with Gasteiger partial charge in [-0.2, -0.15) is 21.0 Å². The van der Waals surface area contributed by atoms with Crippen LogP contribution in [0.2, 0.25) is 0 Å². The molecule has 0 aromatic rings. The zero-order chi connectivity index (χ0) is 11.7. The Kier molecular flexibility index (Phi) is 2.25. The molecule has 0 spiro atoms. The van der Waals surface area contributed by atoms with E-state index in [2.05, 4.69) is 0 Å². The highest BCUT2D eigenvalue weighted by atomic mass is 14.6. The first-order chi connectivity index (χ1) is 7.03. The summed E-state index contributed by atoms with van der Waals surface area (Å²) in [5.74, 6) is 0. The highest BCUT2D eigenvalue weighted by Crippen LogP contribution is 2.60. The van der Waals surface area contributed by atoms with Crippen molar-refractivity contribution in [1.82, 2.24) is 0 Å². The molecule has 1 aliphatic carbocycles. The average molecular weight is 196 g/mol. The van der Waals surface area contributed by atoms with Gasteiger partial charge in [-0.25, -0.2) is 0 Å². The van der Waals surface area contributed by atoms with Crippen LogP contribution in [0.4, 0.5) is 0 Å². The fourth-order valence-electron chi connectivity index (χ4n) is 1.86. The summed E-state index contributed by atoms with van der Waals surface area (Å²) in [4.78, 5) is 0. The van der Waals surface area contributed by atoms with Crippen molar-refractivity contribution < 1.29 is 0 Å². The second-order valence-electron chi connectivity index (χ2n) is 3.76. The lowest BCUT2D eigenvalue weighted by molar-refractivity contribution is 0.235. The van der Waals surface area contributed by atoms with Crippen molar-refractivity contribution in [3.8, 4) is 24.3 Å². The van der Waals surface area contributed by atoms with Gasteiger partial charge < -0.3 is 0 Å². The largest absolute Gasteiger partial charge is 0.196 e. The maximum absolute atomic E-state index is 9.04. The van der Waals surface area contributed by atoms with E-state index in [1.165, 1.54) is 0 Å². The van der Waals surface area contributed by atoms with Crippen LogP contribution in [0.25, 0.3) is 0 Å². The highest BCUT2D eigenvalue weighted by Gasteiger charge is 2.66. The molecule has 1 fully saturated rings. The standard InChI is InChI=1S/C11H8N4/c1-8(2)9-3-10(4-12,5-13)11(9,6-14)7-15/h3H2,1-2H3. The molecule has 1 aliphatic rings. The third-order valence-electron chi connectivity index (χ3n) is 2.86. The van der Waals surface area contributed by atoms with Gasteiger partial charge in [-0.15, -0.1) is 0 Å². The number of rotatable bonds is 0. The monoisotopic (exact) mass is 196 g/mol. The van der Waals surface area contributed by atoms with E-state index in [1.807, 2.05) is 12.1 Å². The van der Waals surface area contributed by atoms with E-state index in [4.69, 9.17) is 21.0 Å². The third-order valence-corrected chi connectivity index (χ3v) is 2.86. The molecule has 0 N–H and O–H groups in total. The normalized spacial score (nSPS) is 19.7. The minimum Gasteiger partial charge on any atom is -0.196 e. The number of nitrogens with zero attached hydrogens (tertiary/aromatic N) is 4. The molecule has 0 atom stereocenters. The molecule has 72 valence electrons. The lowest BCUT2D eigenvalue weighted by Crippen LogP contribution is -2.50. The van der Waals surface area contributed by atoms with Crippen LogP contribution >= 0.6 is 0 Å². The smallest absolute Gasteiger partial charge is 0.196 e. The van der Waals surface area contributed by atoms with Crippen molar-refractivity contribution in [2.24, 2.45) is 10.8 Å². The second-order valence-corrected chi connectivity index (χ2v) is 3.76. The van der Waals surface area contributed by atoms with Gasteiger partial charge in [-0.3, -0.25) is 0 Å². The zero-order valence-electron chi connectivity index (χ0n) is 8.50. The zero-order valence-corrected chi connectivity index (χ0v) is 8.50. The Morgan fingerprint density at radius 2 is 1.47 bits per heavy atom. The summed E-state index contributed by atoms with van der Waals surface area (Å²) in [5.41, 5.74) is -1.63. The number of hydrogen-bond donors (Lipinski definition) is 0. The molecule has 0 radical (unpaired) electrons. The SMILES string of the molecule is CC(C)=C1CC(C#N)(C#N)C1(C#N)C#N. The van der Waals surface area contributed by atoms with Gasteiger partial charge in [-0.1, -0.05) is 5.57 Å². The summed E-state index contributed by atoms with van der Waals surface area (Å²) in [6.07, 6.45) is 0.198. The number of hydrogen-bond acceptors (Lipinski definition) is 4. The quantitative estimate of drug-likeness (QED) is 0.552.